The Morgan fingerprint density at radius 2 is 2.31 bits per heavy atom. The van der Waals surface area contributed by atoms with Gasteiger partial charge in [0.2, 0.25) is 0 Å². The highest BCUT2D eigenvalue weighted by Crippen LogP contribution is 2.04. The van der Waals surface area contributed by atoms with E-state index in [1.807, 2.05) is 0 Å². The molecule has 0 fully saturated rings. The van der Waals surface area contributed by atoms with Crippen LogP contribution in [0.2, 0.25) is 0 Å². The Bertz CT molecular complexity index is 164. The second-order valence-corrected chi connectivity index (χ2v) is 3.97. The predicted molar refractivity (Wildman–Crippen MR) is 57.0 cm³/mol. The van der Waals surface area contributed by atoms with Gasteiger partial charge in [0.15, 0.2) is 5.96 Å². The van der Waals surface area contributed by atoms with E-state index in [4.69, 9.17) is 0 Å². The summed E-state index contributed by atoms with van der Waals surface area (Å²) in [6.45, 7) is 7.52. The number of hydrogen-bond donors (Lipinski definition) is 2. The first kappa shape index (κ1) is 10.4. The largest absolute Gasteiger partial charge is 0.356 e. The van der Waals surface area contributed by atoms with Crippen LogP contribution in [0, 0.1) is 5.92 Å². The molecule has 0 amide bonds. The third-order valence-corrected chi connectivity index (χ3v) is 2.17. The maximum atomic E-state index is 4.26. The summed E-state index contributed by atoms with van der Waals surface area (Å²) in [5.41, 5.74) is 0. The molecule has 0 aliphatic carbocycles. The highest BCUT2D eigenvalue weighted by atomic mass is 15.2. The van der Waals surface area contributed by atoms with Crippen LogP contribution in [-0.4, -0.2) is 25.6 Å². The van der Waals surface area contributed by atoms with Crippen LogP contribution >= 0.6 is 0 Å². The van der Waals surface area contributed by atoms with E-state index in [-0.39, 0.29) is 0 Å². The number of hydrogen-bond acceptors (Lipinski definition) is 3. The number of guanidine groups is 1. The van der Waals surface area contributed by atoms with Crippen LogP contribution in [0.25, 0.3) is 0 Å². The van der Waals surface area contributed by atoms with Crippen molar-refractivity contribution in [2.45, 2.75) is 33.1 Å². The quantitative estimate of drug-likeness (QED) is 0.631. The molecule has 1 aliphatic heterocycles. The average Bonchev–Trinajstić information content (AvgIpc) is 2.55. The predicted octanol–water partition coefficient (Wildman–Crippen LogP) is 1.36. The molecule has 3 nitrogen and oxygen atoms in total. The SMILES string of the molecule is CC(C)CCCCNC1=NCCN1. The lowest BCUT2D eigenvalue weighted by Gasteiger charge is -2.07. The molecule has 76 valence electrons. The third kappa shape index (κ3) is 4.76. The van der Waals surface area contributed by atoms with Crippen molar-refractivity contribution in [1.82, 2.24) is 10.6 Å². The van der Waals surface area contributed by atoms with Crippen LogP contribution < -0.4 is 10.6 Å². The van der Waals surface area contributed by atoms with Gasteiger partial charge in [-0.3, -0.25) is 4.99 Å². The molecule has 0 saturated carbocycles. The van der Waals surface area contributed by atoms with Crippen molar-refractivity contribution in [2.75, 3.05) is 19.6 Å². The Labute approximate surface area is 81.0 Å². The van der Waals surface area contributed by atoms with E-state index in [2.05, 4.69) is 29.5 Å². The first-order chi connectivity index (χ1) is 6.29. The molecule has 3 heteroatoms. The zero-order valence-electron chi connectivity index (χ0n) is 8.77. The van der Waals surface area contributed by atoms with E-state index in [0.29, 0.717) is 0 Å². The molecule has 0 saturated heterocycles. The molecule has 0 atom stereocenters. The zero-order valence-corrected chi connectivity index (χ0v) is 8.77. The summed E-state index contributed by atoms with van der Waals surface area (Å²) in [4.78, 5) is 4.26. The fourth-order valence-corrected chi connectivity index (χ4v) is 1.40. The molecule has 0 aromatic rings. The van der Waals surface area contributed by atoms with Gasteiger partial charge in [0.25, 0.3) is 0 Å². The Balaban J connectivity index is 1.89. The molecule has 0 radical (unpaired) electrons. The van der Waals surface area contributed by atoms with E-state index in [9.17, 15) is 0 Å². The number of unbranched alkanes of at least 4 members (excludes halogenated alkanes) is 1. The molecular weight excluding hydrogens is 162 g/mol. The van der Waals surface area contributed by atoms with Gasteiger partial charge in [0.1, 0.15) is 0 Å². The van der Waals surface area contributed by atoms with Gasteiger partial charge in [0.05, 0.1) is 6.54 Å². The van der Waals surface area contributed by atoms with Crippen LogP contribution in [0.3, 0.4) is 0 Å². The van der Waals surface area contributed by atoms with Gasteiger partial charge in [-0.15, -0.1) is 0 Å². The fourth-order valence-electron chi connectivity index (χ4n) is 1.40. The normalized spacial score (nSPS) is 15.8. The fraction of sp³-hybridized carbons (Fsp3) is 0.900. The Morgan fingerprint density at radius 1 is 1.46 bits per heavy atom. The molecule has 0 unspecified atom stereocenters. The molecule has 1 heterocycles. The topological polar surface area (TPSA) is 36.4 Å². The summed E-state index contributed by atoms with van der Waals surface area (Å²) in [6.07, 6.45) is 3.90. The van der Waals surface area contributed by atoms with Gasteiger partial charge in [0, 0.05) is 13.1 Å². The van der Waals surface area contributed by atoms with Gasteiger partial charge in [-0.05, 0) is 12.3 Å². The van der Waals surface area contributed by atoms with Gasteiger partial charge >= 0.3 is 0 Å². The molecule has 0 aromatic heterocycles. The van der Waals surface area contributed by atoms with Crippen LogP contribution in [0.1, 0.15) is 33.1 Å². The van der Waals surface area contributed by atoms with Crippen molar-refractivity contribution in [3.63, 3.8) is 0 Å². The Hall–Kier alpha value is -0.730. The second-order valence-electron chi connectivity index (χ2n) is 3.97. The van der Waals surface area contributed by atoms with E-state index >= 15 is 0 Å². The molecule has 0 spiro atoms. The van der Waals surface area contributed by atoms with E-state index in [1.54, 1.807) is 0 Å². The van der Waals surface area contributed by atoms with Crippen molar-refractivity contribution in [2.24, 2.45) is 10.9 Å². The lowest BCUT2D eigenvalue weighted by molar-refractivity contribution is 0.535. The summed E-state index contributed by atoms with van der Waals surface area (Å²) in [5.74, 6) is 1.83. The monoisotopic (exact) mass is 183 g/mol. The van der Waals surface area contributed by atoms with Crippen molar-refractivity contribution < 1.29 is 0 Å². The van der Waals surface area contributed by atoms with E-state index < -0.39 is 0 Å². The molecule has 13 heavy (non-hydrogen) atoms. The van der Waals surface area contributed by atoms with Crippen molar-refractivity contribution in [1.29, 1.82) is 0 Å². The van der Waals surface area contributed by atoms with Gasteiger partial charge in [-0.25, -0.2) is 0 Å². The van der Waals surface area contributed by atoms with Crippen LogP contribution in [-0.2, 0) is 0 Å². The summed E-state index contributed by atoms with van der Waals surface area (Å²) in [7, 11) is 0. The van der Waals surface area contributed by atoms with E-state index in [1.165, 1.54) is 19.3 Å². The molecule has 0 aromatic carbocycles. The van der Waals surface area contributed by atoms with Crippen LogP contribution in [0.15, 0.2) is 4.99 Å². The summed E-state index contributed by atoms with van der Waals surface area (Å²) >= 11 is 0. The summed E-state index contributed by atoms with van der Waals surface area (Å²) in [5, 5.41) is 6.49. The highest BCUT2D eigenvalue weighted by Gasteiger charge is 2.02. The van der Waals surface area contributed by atoms with Gasteiger partial charge < -0.3 is 10.6 Å². The molecule has 1 aliphatic rings. The average molecular weight is 183 g/mol. The maximum Gasteiger partial charge on any atom is 0.191 e. The highest BCUT2D eigenvalue weighted by molar-refractivity contribution is 5.81. The minimum Gasteiger partial charge on any atom is -0.356 e. The zero-order chi connectivity index (χ0) is 9.52. The maximum absolute atomic E-state index is 4.26. The van der Waals surface area contributed by atoms with Crippen molar-refractivity contribution >= 4 is 5.96 Å². The number of nitrogens with one attached hydrogen (secondary N) is 2. The standard InChI is InChI=1S/C10H21N3/c1-9(2)5-3-4-6-11-10-12-7-8-13-10/h9H,3-8H2,1-2H3,(H2,11,12,13). The molecule has 2 N–H and O–H groups in total. The van der Waals surface area contributed by atoms with Gasteiger partial charge in [-0.2, -0.15) is 0 Å². The van der Waals surface area contributed by atoms with E-state index in [0.717, 1.165) is 31.5 Å². The minimum atomic E-state index is 0.835. The van der Waals surface area contributed by atoms with Gasteiger partial charge in [-0.1, -0.05) is 26.7 Å². The Morgan fingerprint density at radius 3 is 2.92 bits per heavy atom. The van der Waals surface area contributed by atoms with Crippen LogP contribution in [0.5, 0.6) is 0 Å². The number of nitrogens with zero attached hydrogens (tertiary/aromatic N) is 1. The molecule has 1 rings (SSSR count). The Kier molecular flexibility index (Phi) is 4.65. The minimum absolute atomic E-state index is 0.835. The van der Waals surface area contributed by atoms with Crippen molar-refractivity contribution in [3.8, 4) is 0 Å². The first-order valence-electron chi connectivity index (χ1n) is 5.31. The lowest BCUT2D eigenvalue weighted by Crippen LogP contribution is -2.34. The van der Waals surface area contributed by atoms with Crippen molar-refractivity contribution in [3.05, 3.63) is 0 Å². The number of aliphatic imine (C=N–C) groups is 1. The molecular formula is C10H21N3. The summed E-state index contributed by atoms with van der Waals surface area (Å²) in [6, 6.07) is 0. The lowest BCUT2D eigenvalue weighted by atomic mass is 10.1. The second kappa shape index (κ2) is 5.84. The first-order valence-corrected chi connectivity index (χ1v) is 5.31. The number of rotatable bonds is 5. The summed E-state index contributed by atoms with van der Waals surface area (Å²) < 4.78 is 0. The van der Waals surface area contributed by atoms with Crippen LogP contribution in [0.4, 0.5) is 0 Å². The molecule has 0 bridgehead atoms. The third-order valence-electron chi connectivity index (χ3n) is 2.17. The smallest absolute Gasteiger partial charge is 0.191 e.